The molecule has 1 unspecified atom stereocenters. The Hall–Kier alpha value is -1.52. The third kappa shape index (κ3) is 3.99. The van der Waals surface area contributed by atoms with Crippen molar-refractivity contribution in [3.63, 3.8) is 0 Å². The zero-order chi connectivity index (χ0) is 15.3. The number of hydrogen-bond acceptors (Lipinski definition) is 2. The van der Waals surface area contributed by atoms with Crippen molar-refractivity contribution >= 4 is 41.2 Å². The van der Waals surface area contributed by atoms with Gasteiger partial charge < -0.3 is 10.4 Å². The molecule has 1 aromatic carbocycles. The monoisotopic (exact) mass is 315 g/mol. The zero-order valence-electron chi connectivity index (χ0n) is 11.1. The largest absolute Gasteiger partial charge is 0.480 e. The summed E-state index contributed by atoms with van der Waals surface area (Å²) in [4.78, 5) is 22.9. The Morgan fingerprint density at radius 3 is 2.35 bits per heavy atom. The van der Waals surface area contributed by atoms with Crippen molar-refractivity contribution in [2.75, 3.05) is 0 Å². The quantitative estimate of drug-likeness (QED) is 0.819. The average molecular weight is 316 g/mol. The van der Waals surface area contributed by atoms with Gasteiger partial charge in [0.25, 0.3) is 0 Å². The molecule has 108 valence electrons. The molecule has 0 aliphatic carbocycles. The topological polar surface area (TPSA) is 66.4 Å². The molecule has 1 aromatic rings. The Balaban J connectivity index is 2.86. The van der Waals surface area contributed by atoms with Crippen LogP contribution in [-0.2, 0) is 9.59 Å². The molecule has 1 rings (SSSR count). The molecule has 0 spiro atoms. The number of carbonyl (C=O) groups is 2. The number of carboxylic acid groups (broad SMARTS) is 1. The second-order valence-corrected chi connectivity index (χ2v) is 5.26. The zero-order valence-corrected chi connectivity index (χ0v) is 12.6. The van der Waals surface area contributed by atoms with Gasteiger partial charge in [-0.25, -0.2) is 4.79 Å². The van der Waals surface area contributed by atoms with Crippen molar-refractivity contribution in [2.45, 2.75) is 25.8 Å². The van der Waals surface area contributed by atoms with Crippen LogP contribution in [0.2, 0.25) is 10.0 Å². The van der Waals surface area contributed by atoms with E-state index in [1.807, 2.05) is 0 Å². The van der Waals surface area contributed by atoms with Gasteiger partial charge in [-0.2, -0.15) is 0 Å². The molecule has 0 saturated carbocycles. The highest BCUT2D eigenvalue weighted by atomic mass is 35.5. The fourth-order valence-electron chi connectivity index (χ4n) is 1.44. The van der Waals surface area contributed by atoms with E-state index in [4.69, 9.17) is 28.3 Å². The van der Waals surface area contributed by atoms with Crippen LogP contribution >= 0.6 is 23.2 Å². The Labute approximate surface area is 127 Å². The molecule has 4 nitrogen and oxygen atoms in total. The van der Waals surface area contributed by atoms with E-state index in [-0.39, 0.29) is 6.42 Å². The van der Waals surface area contributed by atoms with E-state index in [1.165, 1.54) is 19.1 Å². The predicted octanol–water partition coefficient (Wildman–Crippen LogP) is 3.38. The first-order valence-corrected chi connectivity index (χ1v) is 6.73. The molecule has 0 bridgehead atoms. The lowest BCUT2D eigenvalue weighted by atomic mass is 9.99. The summed E-state index contributed by atoms with van der Waals surface area (Å²) in [6.07, 6.45) is 2.94. The molecular formula is C14H15Cl2NO3. The summed E-state index contributed by atoms with van der Waals surface area (Å²) in [5, 5.41) is 12.3. The molecule has 0 aliphatic rings. The highest BCUT2D eigenvalue weighted by molar-refractivity contribution is 6.37. The van der Waals surface area contributed by atoms with Gasteiger partial charge in [0.2, 0.25) is 5.91 Å². The molecule has 20 heavy (non-hydrogen) atoms. The van der Waals surface area contributed by atoms with E-state index >= 15 is 0 Å². The number of carboxylic acids is 1. The second-order valence-electron chi connectivity index (χ2n) is 4.45. The van der Waals surface area contributed by atoms with Crippen molar-refractivity contribution in [2.24, 2.45) is 0 Å². The van der Waals surface area contributed by atoms with Crippen LogP contribution in [0.25, 0.3) is 6.08 Å². The van der Waals surface area contributed by atoms with E-state index in [0.717, 1.165) is 0 Å². The minimum Gasteiger partial charge on any atom is -0.480 e. The first-order chi connectivity index (χ1) is 9.30. The molecule has 0 heterocycles. The van der Waals surface area contributed by atoms with Crippen LogP contribution in [0.1, 0.15) is 25.8 Å². The number of rotatable bonds is 5. The normalized spacial score (nSPS) is 14.0. The molecule has 0 saturated heterocycles. The van der Waals surface area contributed by atoms with Gasteiger partial charge >= 0.3 is 5.97 Å². The third-order valence-electron chi connectivity index (χ3n) is 2.98. The van der Waals surface area contributed by atoms with Crippen LogP contribution in [0, 0.1) is 0 Å². The molecule has 1 atom stereocenters. The van der Waals surface area contributed by atoms with Crippen molar-refractivity contribution in [1.82, 2.24) is 5.32 Å². The summed E-state index contributed by atoms with van der Waals surface area (Å²) >= 11 is 11.9. The van der Waals surface area contributed by atoms with Crippen LogP contribution in [0.3, 0.4) is 0 Å². The van der Waals surface area contributed by atoms with Gasteiger partial charge in [0.05, 0.1) is 0 Å². The number of nitrogens with one attached hydrogen (secondary N) is 1. The summed E-state index contributed by atoms with van der Waals surface area (Å²) in [5.74, 6) is -1.61. The SMILES string of the molecule is CCC(C)(NC(=O)C=Cc1c(Cl)cccc1Cl)C(=O)O. The maximum absolute atomic E-state index is 11.8. The highest BCUT2D eigenvalue weighted by Gasteiger charge is 2.31. The maximum atomic E-state index is 11.8. The van der Waals surface area contributed by atoms with Gasteiger partial charge in [-0.3, -0.25) is 4.79 Å². The highest BCUT2D eigenvalue weighted by Crippen LogP contribution is 2.25. The molecular weight excluding hydrogens is 301 g/mol. The first-order valence-electron chi connectivity index (χ1n) is 5.98. The average Bonchev–Trinajstić information content (AvgIpc) is 2.37. The number of benzene rings is 1. The van der Waals surface area contributed by atoms with Gasteiger partial charge in [0, 0.05) is 21.7 Å². The van der Waals surface area contributed by atoms with E-state index < -0.39 is 17.4 Å². The summed E-state index contributed by atoms with van der Waals surface area (Å²) in [6, 6.07) is 5.00. The number of hydrogen-bond donors (Lipinski definition) is 2. The summed E-state index contributed by atoms with van der Waals surface area (Å²) < 4.78 is 0. The fourth-order valence-corrected chi connectivity index (χ4v) is 1.96. The number of aliphatic carboxylic acids is 1. The van der Waals surface area contributed by atoms with E-state index in [9.17, 15) is 9.59 Å². The van der Waals surface area contributed by atoms with Crippen LogP contribution < -0.4 is 5.32 Å². The minimum absolute atomic E-state index is 0.273. The fraction of sp³-hybridized carbons (Fsp3) is 0.286. The lowest BCUT2D eigenvalue weighted by molar-refractivity contribution is -0.146. The molecule has 1 amide bonds. The lowest BCUT2D eigenvalue weighted by Crippen LogP contribution is -2.51. The summed E-state index contributed by atoms with van der Waals surface area (Å²) in [5.41, 5.74) is -0.786. The van der Waals surface area contributed by atoms with Crippen LogP contribution in [0.5, 0.6) is 0 Å². The van der Waals surface area contributed by atoms with Gasteiger partial charge in [-0.05, 0) is 31.6 Å². The maximum Gasteiger partial charge on any atom is 0.329 e. The molecule has 2 N–H and O–H groups in total. The van der Waals surface area contributed by atoms with E-state index in [2.05, 4.69) is 5.32 Å². The molecule has 0 aromatic heterocycles. The predicted molar refractivity (Wildman–Crippen MR) is 80.0 cm³/mol. The molecule has 0 fully saturated rings. The Kier molecular flexibility index (Phi) is 5.60. The van der Waals surface area contributed by atoms with Crippen molar-refractivity contribution in [3.05, 3.63) is 39.9 Å². The van der Waals surface area contributed by atoms with Crippen molar-refractivity contribution in [1.29, 1.82) is 0 Å². The third-order valence-corrected chi connectivity index (χ3v) is 3.64. The standard InChI is InChI=1S/C14H15Cl2NO3/c1-3-14(2,13(19)20)17-12(18)8-7-9-10(15)5-4-6-11(9)16/h4-8H,3H2,1-2H3,(H,17,18)(H,19,20). The number of amides is 1. The number of carbonyl (C=O) groups excluding carboxylic acids is 1. The molecule has 0 aliphatic heterocycles. The first kappa shape index (κ1) is 16.5. The summed E-state index contributed by atoms with van der Waals surface area (Å²) in [6.45, 7) is 3.13. The Bertz CT molecular complexity index is 537. The smallest absolute Gasteiger partial charge is 0.329 e. The minimum atomic E-state index is -1.30. The lowest BCUT2D eigenvalue weighted by Gasteiger charge is -2.23. The van der Waals surface area contributed by atoms with Gasteiger partial charge in [0.1, 0.15) is 5.54 Å². The Morgan fingerprint density at radius 2 is 1.90 bits per heavy atom. The summed E-state index contributed by atoms with van der Waals surface area (Å²) in [7, 11) is 0. The molecule has 0 radical (unpaired) electrons. The van der Waals surface area contributed by atoms with Crippen molar-refractivity contribution in [3.8, 4) is 0 Å². The van der Waals surface area contributed by atoms with Gasteiger partial charge in [0.15, 0.2) is 0 Å². The van der Waals surface area contributed by atoms with E-state index in [1.54, 1.807) is 25.1 Å². The van der Waals surface area contributed by atoms with Crippen LogP contribution in [0.4, 0.5) is 0 Å². The molecule has 6 heteroatoms. The second kappa shape index (κ2) is 6.77. The van der Waals surface area contributed by atoms with Crippen molar-refractivity contribution < 1.29 is 14.7 Å². The Morgan fingerprint density at radius 1 is 1.35 bits per heavy atom. The van der Waals surface area contributed by atoms with Crippen LogP contribution in [-0.4, -0.2) is 22.5 Å². The van der Waals surface area contributed by atoms with Crippen LogP contribution in [0.15, 0.2) is 24.3 Å². The van der Waals surface area contributed by atoms with E-state index in [0.29, 0.717) is 15.6 Å². The van der Waals surface area contributed by atoms with Gasteiger partial charge in [-0.15, -0.1) is 0 Å². The number of halogens is 2. The van der Waals surface area contributed by atoms with Gasteiger partial charge in [-0.1, -0.05) is 36.2 Å².